The molecule has 1 aromatic carbocycles. The minimum Gasteiger partial charge on any atom is -0.481 e. The number of aryl methyl sites for hydroxylation is 2. The largest absolute Gasteiger partial charge is 0.481 e. The molecule has 0 aliphatic heterocycles. The number of nitrogens with two attached hydrogens (primary N) is 2. The van der Waals surface area contributed by atoms with E-state index in [2.05, 4.69) is 15.3 Å². The minimum atomic E-state index is -1.26. The number of fused-ring (bicyclic) bond motifs is 1. The highest BCUT2D eigenvalue weighted by Crippen LogP contribution is 2.30. The van der Waals surface area contributed by atoms with Crippen molar-refractivity contribution in [3.8, 4) is 0 Å². The molecule has 176 valence electrons. The second kappa shape index (κ2) is 10.8. The van der Waals surface area contributed by atoms with E-state index >= 15 is 0 Å². The highest BCUT2D eigenvalue weighted by atomic mass is 16.4. The lowest BCUT2D eigenvalue weighted by Crippen LogP contribution is -2.41. The summed E-state index contributed by atoms with van der Waals surface area (Å²) in [7, 11) is 0. The van der Waals surface area contributed by atoms with Crippen molar-refractivity contribution in [3.63, 3.8) is 0 Å². The van der Waals surface area contributed by atoms with Crippen LogP contribution in [0.4, 0.5) is 11.8 Å². The van der Waals surface area contributed by atoms with Crippen molar-refractivity contribution in [3.05, 3.63) is 46.6 Å². The molecule has 1 aromatic heterocycles. The second-order valence-electron chi connectivity index (χ2n) is 8.39. The molecule has 10 heteroatoms. The number of benzene rings is 1. The van der Waals surface area contributed by atoms with E-state index in [1.165, 1.54) is 0 Å². The number of amides is 1. The normalized spacial score (nSPS) is 15.9. The molecule has 10 nitrogen and oxygen atoms in total. The molecular weight excluding hydrogens is 426 g/mol. The van der Waals surface area contributed by atoms with Crippen LogP contribution in [0.5, 0.6) is 0 Å². The average molecular weight is 456 g/mol. The van der Waals surface area contributed by atoms with Crippen molar-refractivity contribution < 1.29 is 24.6 Å². The lowest BCUT2D eigenvalue weighted by Gasteiger charge is -2.24. The number of nitrogens with one attached hydrogen (secondary N) is 1. The first-order chi connectivity index (χ1) is 15.7. The Kier molecular flexibility index (Phi) is 7.81. The van der Waals surface area contributed by atoms with E-state index in [1.807, 2.05) is 12.1 Å². The van der Waals surface area contributed by atoms with Gasteiger partial charge in [-0.15, -0.1) is 0 Å². The Labute approximate surface area is 191 Å². The van der Waals surface area contributed by atoms with Crippen LogP contribution < -0.4 is 16.8 Å². The second-order valence-corrected chi connectivity index (χ2v) is 8.39. The third-order valence-corrected chi connectivity index (χ3v) is 5.97. The van der Waals surface area contributed by atoms with E-state index in [-0.39, 0.29) is 18.8 Å². The quantitative estimate of drug-likeness (QED) is 0.357. The number of carboxylic acids is 2. The molecule has 1 heterocycles. The minimum absolute atomic E-state index is 0.175. The summed E-state index contributed by atoms with van der Waals surface area (Å²) < 4.78 is 0. The fourth-order valence-corrected chi connectivity index (χ4v) is 4.16. The number of nitrogen functional groups attached to an aromatic ring is 2. The summed E-state index contributed by atoms with van der Waals surface area (Å²) in [5.41, 5.74) is 15.1. The molecule has 2 aromatic rings. The first-order valence-electron chi connectivity index (χ1n) is 11.0. The third kappa shape index (κ3) is 6.64. The van der Waals surface area contributed by atoms with Crippen LogP contribution >= 0.6 is 0 Å². The SMILES string of the molecule is Nc1nc(N)c2c(n1)CCC(CCCc1ccc(C(=O)N[C@@H](CCC(=O)O)C(=O)O)cc1)C2. The number of hydrogen-bond donors (Lipinski definition) is 5. The number of carbonyl (C=O) groups excluding carboxylic acids is 1. The zero-order valence-electron chi connectivity index (χ0n) is 18.3. The zero-order chi connectivity index (χ0) is 24.0. The lowest BCUT2D eigenvalue weighted by molar-refractivity contribution is -0.140. The fraction of sp³-hybridized carbons (Fsp3) is 0.435. The number of nitrogens with zero attached hydrogens (tertiary/aromatic N) is 2. The molecule has 0 saturated carbocycles. The molecule has 0 saturated heterocycles. The molecule has 3 rings (SSSR count). The number of carbonyl (C=O) groups is 3. The van der Waals surface area contributed by atoms with E-state index in [0.717, 1.165) is 55.3 Å². The Hall–Kier alpha value is -3.69. The van der Waals surface area contributed by atoms with Crippen molar-refractivity contribution in [2.24, 2.45) is 5.92 Å². The van der Waals surface area contributed by atoms with Crippen LogP contribution in [0.1, 0.15) is 59.3 Å². The molecule has 7 N–H and O–H groups in total. The van der Waals surface area contributed by atoms with Crippen LogP contribution in [-0.2, 0) is 28.9 Å². The molecule has 2 atom stereocenters. The van der Waals surface area contributed by atoms with Gasteiger partial charge in [0, 0.05) is 17.5 Å². The average Bonchev–Trinajstić information content (AvgIpc) is 2.77. The first-order valence-corrected chi connectivity index (χ1v) is 11.0. The fourth-order valence-electron chi connectivity index (χ4n) is 4.16. The van der Waals surface area contributed by atoms with Gasteiger partial charge in [-0.25, -0.2) is 9.78 Å². The monoisotopic (exact) mass is 455 g/mol. The Balaban J connectivity index is 1.48. The van der Waals surface area contributed by atoms with Crippen LogP contribution in [0, 0.1) is 5.92 Å². The third-order valence-electron chi connectivity index (χ3n) is 5.97. The van der Waals surface area contributed by atoms with Gasteiger partial charge >= 0.3 is 11.9 Å². The predicted octanol–water partition coefficient (Wildman–Crippen LogP) is 1.82. The topological polar surface area (TPSA) is 182 Å². The lowest BCUT2D eigenvalue weighted by atomic mass is 9.83. The van der Waals surface area contributed by atoms with Gasteiger partial charge in [0.15, 0.2) is 0 Å². The van der Waals surface area contributed by atoms with E-state index in [1.54, 1.807) is 12.1 Å². The molecule has 1 amide bonds. The molecule has 0 spiro atoms. The molecular formula is C23H29N5O5. The molecule has 1 aliphatic rings. The Morgan fingerprint density at radius 1 is 1.12 bits per heavy atom. The predicted molar refractivity (Wildman–Crippen MR) is 122 cm³/mol. The molecule has 0 fully saturated rings. The van der Waals surface area contributed by atoms with Crippen molar-refractivity contribution in [2.75, 3.05) is 11.5 Å². The van der Waals surface area contributed by atoms with Crippen LogP contribution in [0.2, 0.25) is 0 Å². The highest BCUT2D eigenvalue weighted by molar-refractivity contribution is 5.96. The summed E-state index contributed by atoms with van der Waals surface area (Å²) in [6.45, 7) is 0. The van der Waals surface area contributed by atoms with Gasteiger partial charge in [-0.1, -0.05) is 12.1 Å². The van der Waals surface area contributed by atoms with Gasteiger partial charge in [-0.05, 0) is 68.6 Å². The Bertz CT molecular complexity index is 1020. The number of hydrogen-bond acceptors (Lipinski definition) is 7. The van der Waals surface area contributed by atoms with Gasteiger partial charge in [0.1, 0.15) is 11.9 Å². The first kappa shape index (κ1) is 24.0. The summed E-state index contributed by atoms with van der Waals surface area (Å²) in [4.78, 5) is 42.6. The Morgan fingerprint density at radius 2 is 1.85 bits per heavy atom. The molecule has 1 aliphatic carbocycles. The van der Waals surface area contributed by atoms with E-state index < -0.39 is 23.9 Å². The smallest absolute Gasteiger partial charge is 0.326 e. The standard InChI is InChI=1S/C23H29N5O5/c24-20-16-12-14(6-9-17(16)27-23(25)28-20)3-1-2-13-4-7-15(8-5-13)21(31)26-18(22(32)33)10-11-19(29)30/h4-5,7-8,14,18H,1-3,6,9-12H2,(H,26,31)(H,29,30)(H,32,33)(H4,24,25,27,28)/t14?,18-/m0/s1. The van der Waals surface area contributed by atoms with Gasteiger partial charge in [0.2, 0.25) is 5.95 Å². The summed E-state index contributed by atoms with van der Waals surface area (Å²) in [6.07, 6.45) is 5.11. The number of aliphatic carboxylic acids is 2. The molecule has 0 bridgehead atoms. The zero-order valence-corrected chi connectivity index (χ0v) is 18.3. The molecule has 1 unspecified atom stereocenters. The van der Waals surface area contributed by atoms with Gasteiger partial charge in [0.05, 0.1) is 5.69 Å². The number of aromatic nitrogens is 2. The van der Waals surface area contributed by atoms with Crippen LogP contribution in [-0.4, -0.2) is 44.1 Å². The summed E-state index contributed by atoms with van der Waals surface area (Å²) in [6, 6.07) is 5.77. The Morgan fingerprint density at radius 3 is 2.52 bits per heavy atom. The van der Waals surface area contributed by atoms with Gasteiger partial charge in [-0.3, -0.25) is 9.59 Å². The summed E-state index contributed by atoms with van der Waals surface area (Å²) >= 11 is 0. The molecule has 0 radical (unpaired) electrons. The van der Waals surface area contributed by atoms with Crippen molar-refractivity contribution in [1.29, 1.82) is 0 Å². The number of carboxylic acid groups (broad SMARTS) is 2. The number of anilines is 2. The number of rotatable bonds is 10. The van der Waals surface area contributed by atoms with Crippen molar-refractivity contribution in [2.45, 2.75) is 57.4 Å². The maximum absolute atomic E-state index is 12.3. The molecule has 33 heavy (non-hydrogen) atoms. The summed E-state index contributed by atoms with van der Waals surface area (Å²) in [5, 5.41) is 20.3. The maximum atomic E-state index is 12.3. The van der Waals surface area contributed by atoms with Crippen molar-refractivity contribution >= 4 is 29.6 Å². The van der Waals surface area contributed by atoms with E-state index in [4.69, 9.17) is 16.6 Å². The highest BCUT2D eigenvalue weighted by Gasteiger charge is 2.23. The maximum Gasteiger partial charge on any atom is 0.326 e. The van der Waals surface area contributed by atoms with Gasteiger partial charge < -0.3 is 27.0 Å². The van der Waals surface area contributed by atoms with Gasteiger partial charge in [0.25, 0.3) is 5.91 Å². The van der Waals surface area contributed by atoms with Crippen molar-refractivity contribution in [1.82, 2.24) is 15.3 Å². The van der Waals surface area contributed by atoms with Crippen LogP contribution in [0.25, 0.3) is 0 Å². The van der Waals surface area contributed by atoms with E-state index in [9.17, 15) is 19.5 Å². The van der Waals surface area contributed by atoms with Gasteiger partial charge in [-0.2, -0.15) is 4.98 Å². The van der Waals surface area contributed by atoms with E-state index in [0.29, 0.717) is 17.3 Å². The van der Waals surface area contributed by atoms with Crippen LogP contribution in [0.15, 0.2) is 24.3 Å². The summed E-state index contributed by atoms with van der Waals surface area (Å²) in [5.74, 6) is -1.71. The van der Waals surface area contributed by atoms with Crippen LogP contribution in [0.3, 0.4) is 0 Å².